The van der Waals surface area contributed by atoms with Crippen molar-refractivity contribution in [3.05, 3.63) is 77.5 Å². The predicted molar refractivity (Wildman–Crippen MR) is 119 cm³/mol. The Balaban J connectivity index is 1.61. The Morgan fingerprint density at radius 1 is 1.10 bits per heavy atom. The van der Waals surface area contributed by atoms with E-state index < -0.39 is 5.25 Å². The van der Waals surface area contributed by atoms with Gasteiger partial charge in [-0.2, -0.15) is 0 Å². The second-order valence-corrected chi connectivity index (χ2v) is 8.33. The lowest BCUT2D eigenvalue weighted by Crippen LogP contribution is -2.23. The minimum atomic E-state index is -0.417. The van der Waals surface area contributed by atoms with E-state index in [-0.39, 0.29) is 5.91 Å². The van der Waals surface area contributed by atoms with Crippen molar-refractivity contribution in [2.45, 2.75) is 24.3 Å². The average Bonchev–Trinajstić information content (AvgIpc) is 3.42. The molecule has 0 radical (unpaired) electrons. The molecule has 0 aliphatic rings. The van der Waals surface area contributed by atoms with Crippen molar-refractivity contribution in [1.82, 2.24) is 14.8 Å². The first-order valence-corrected chi connectivity index (χ1v) is 10.6. The summed E-state index contributed by atoms with van der Waals surface area (Å²) in [7, 11) is 0. The molecule has 8 heteroatoms. The third-order valence-electron chi connectivity index (χ3n) is 4.57. The molecule has 4 aromatic rings. The van der Waals surface area contributed by atoms with Gasteiger partial charge in [-0.15, -0.1) is 10.2 Å². The highest BCUT2D eigenvalue weighted by molar-refractivity contribution is 8.00. The monoisotopic (exact) mass is 438 g/mol. The van der Waals surface area contributed by atoms with Crippen LogP contribution in [-0.4, -0.2) is 25.9 Å². The molecule has 30 heavy (non-hydrogen) atoms. The zero-order chi connectivity index (χ0) is 21.1. The first-order chi connectivity index (χ1) is 14.5. The molecule has 2 aromatic carbocycles. The van der Waals surface area contributed by atoms with Gasteiger partial charge in [0.25, 0.3) is 0 Å². The van der Waals surface area contributed by atoms with Crippen LogP contribution in [-0.2, 0) is 4.79 Å². The Hall–Kier alpha value is -3.03. The lowest BCUT2D eigenvalue weighted by atomic mass is 10.2. The maximum atomic E-state index is 12.8. The first-order valence-electron chi connectivity index (χ1n) is 9.32. The molecule has 152 valence electrons. The predicted octanol–water partition coefficient (Wildman–Crippen LogP) is 5.61. The molecule has 1 unspecified atom stereocenters. The second-order valence-electron chi connectivity index (χ2n) is 6.62. The smallest absolute Gasteiger partial charge is 0.237 e. The molecule has 2 heterocycles. The lowest BCUT2D eigenvalue weighted by molar-refractivity contribution is -0.115. The van der Waals surface area contributed by atoms with E-state index in [0.29, 0.717) is 27.5 Å². The molecule has 1 N–H and O–H groups in total. The number of amides is 1. The number of rotatable bonds is 6. The molecular weight excluding hydrogens is 420 g/mol. The SMILES string of the molecule is Cc1c(Cl)cccc1NC(=O)C(C)Sc1nnc(-c2ccco2)n1-c1ccccc1. The highest BCUT2D eigenvalue weighted by atomic mass is 35.5. The normalized spacial score (nSPS) is 12.0. The molecule has 0 aliphatic heterocycles. The number of carbonyl (C=O) groups excluding carboxylic acids is 1. The van der Waals surface area contributed by atoms with Crippen LogP contribution in [0, 0.1) is 6.92 Å². The molecule has 2 aromatic heterocycles. The van der Waals surface area contributed by atoms with Gasteiger partial charge in [0.05, 0.1) is 11.5 Å². The van der Waals surface area contributed by atoms with Crippen LogP contribution in [0.5, 0.6) is 0 Å². The number of aromatic nitrogens is 3. The quantitative estimate of drug-likeness (QED) is 0.396. The van der Waals surface area contributed by atoms with Gasteiger partial charge in [0.1, 0.15) is 0 Å². The number of thioether (sulfide) groups is 1. The fourth-order valence-corrected chi connectivity index (χ4v) is 3.95. The standard InChI is InChI=1S/C22H19ClN4O2S/c1-14-17(23)10-6-11-18(14)24-21(28)15(2)30-22-26-25-20(19-12-7-13-29-19)27(22)16-8-4-3-5-9-16/h3-13,15H,1-2H3,(H,24,28). The summed E-state index contributed by atoms with van der Waals surface area (Å²) < 4.78 is 7.41. The lowest BCUT2D eigenvalue weighted by Gasteiger charge is -2.15. The molecule has 1 amide bonds. The summed E-state index contributed by atoms with van der Waals surface area (Å²) in [4.78, 5) is 12.8. The summed E-state index contributed by atoms with van der Waals surface area (Å²) >= 11 is 7.48. The molecule has 0 aliphatic carbocycles. The van der Waals surface area contributed by atoms with Gasteiger partial charge in [-0.3, -0.25) is 9.36 Å². The summed E-state index contributed by atoms with van der Waals surface area (Å²) in [5, 5.41) is 12.4. The first kappa shape index (κ1) is 20.3. The number of anilines is 1. The fraction of sp³-hybridized carbons (Fsp3) is 0.136. The minimum absolute atomic E-state index is 0.146. The van der Waals surface area contributed by atoms with Gasteiger partial charge in [-0.25, -0.2) is 0 Å². The third-order valence-corrected chi connectivity index (χ3v) is 6.02. The Morgan fingerprint density at radius 3 is 2.63 bits per heavy atom. The number of halogens is 1. The Labute approximate surface area is 183 Å². The number of benzene rings is 2. The topological polar surface area (TPSA) is 73.0 Å². The van der Waals surface area contributed by atoms with Gasteiger partial charge < -0.3 is 9.73 Å². The molecule has 0 spiro atoms. The van der Waals surface area contributed by atoms with E-state index in [4.69, 9.17) is 16.0 Å². The van der Waals surface area contributed by atoms with Crippen LogP contribution in [0.4, 0.5) is 5.69 Å². The third kappa shape index (κ3) is 4.13. The van der Waals surface area contributed by atoms with E-state index in [9.17, 15) is 4.79 Å². The molecule has 0 bridgehead atoms. The highest BCUT2D eigenvalue weighted by Crippen LogP contribution is 2.31. The number of hydrogen-bond acceptors (Lipinski definition) is 5. The molecule has 1 atom stereocenters. The average molecular weight is 439 g/mol. The van der Waals surface area contributed by atoms with Crippen LogP contribution >= 0.6 is 23.4 Å². The molecular formula is C22H19ClN4O2S. The number of nitrogens with zero attached hydrogens (tertiary/aromatic N) is 3. The maximum absolute atomic E-state index is 12.8. The van der Waals surface area contributed by atoms with E-state index >= 15 is 0 Å². The highest BCUT2D eigenvalue weighted by Gasteiger charge is 2.23. The Kier molecular flexibility index (Phi) is 5.92. The van der Waals surface area contributed by atoms with E-state index in [0.717, 1.165) is 11.3 Å². The van der Waals surface area contributed by atoms with Crippen LogP contribution in [0.2, 0.25) is 5.02 Å². The summed E-state index contributed by atoms with van der Waals surface area (Å²) in [5.41, 5.74) is 2.41. The summed E-state index contributed by atoms with van der Waals surface area (Å²) in [6, 6.07) is 18.8. The summed E-state index contributed by atoms with van der Waals surface area (Å²) in [6.07, 6.45) is 1.59. The molecule has 4 rings (SSSR count). The van der Waals surface area contributed by atoms with Crippen molar-refractivity contribution in [2.24, 2.45) is 0 Å². The van der Waals surface area contributed by atoms with E-state index in [1.165, 1.54) is 11.8 Å². The number of hydrogen-bond donors (Lipinski definition) is 1. The van der Waals surface area contributed by atoms with Gasteiger partial charge in [0.2, 0.25) is 11.7 Å². The van der Waals surface area contributed by atoms with Crippen molar-refractivity contribution in [1.29, 1.82) is 0 Å². The zero-order valence-corrected chi connectivity index (χ0v) is 17.9. The van der Waals surface area contributed by atoms with E-state index in [1.807, 2.05) is 66.9 Å². The number of furan rings is 1. The number of nitrogens with one attached hydrogen (secondary N) is 1. The fourth-order valence-electron chi connectivity index (χ4n) is 2.91. The molecule has 0 saturated heterocycles. The van der Waals surface area contributed by atoms with Crippen molar-refractivity contribution in [2.75, 3.05) is 5.32 Å². The summed E-state index contributed by atoms with van der Waals surface area (Å²) in [6.45, 7) is 3.70. The number of para-hydroxylation sites is 1. The van der Waals surface area contributed by atoms with Gasteiger partial charge in [-0.05, 0) is 55.8 Å². The minimum Gasteiger partial charge on any atom is -0.461 e. The van der Waals surface area contributed by atoms with Crippen molar-refractivity contribution in [3.8, 4) is 17.3 Å². The van der Waals surface area contributed by atoms with Crippen LogP contribution in [0.1, 0.15) is 12.5 Å². The van der Waals surface area contributed by atoms with Gasteiger partial charge >= 0.3 is 0 Å². The Bertz CT molecular complexity index is 1160. The second kappa shape index (κ2) is 8.77. The zero-order valence-electron chi connectivity index (χ0n) is 16.4. The van der Waals surface area contributed by atoms with Gasteiger partial charge in [0, 0.05) is 16.4 Å². The molecule has 0 fully saturated rings. The van der Waals surface area contributed by atoms with E-state index in [1.54, 1.807) is 18.4 Å². The van der Waals surface area contributed by atoms with Crippen molar-refractivity contribution in [3.63, 3.8) is 0 Å². The molecule has 6 nitrogen and oxygen atoms in total. The van der Waals surface area contributed by atoms with Crippen LogP contribution in [0.3, 0.4) is 0 Å². The largest absolute Gasteiger partial charge is 0.461 e. The summed E-state index contributed by atoms with van der Waals surface area (Å²) in [5.74, 6) is 1.03. The molecule has 0 saturated carbocycles. The van der Waals surface area contributed by atoms with Crippen LogP contribution in [0.25, 0.3) is 17.3 Å². The van der Waals surface area contributed by atoms with Gasteiger partial charge in [-0.1, -0.05) is 47.6 Å². The van der Waals surface area contributed by atoms with Crippen LogP contribution in [0.15, 0.2) is 76.5 Å². The van der Waals surface area contributed by atoms with E-state index in [2.05, 4.69) is 15.5 Å². The van der Waals surface area contributed by atoms with Crippen molar-refractivity contribution < 1.29 is 9.21 Å². The van der Waals surface area contributed by atoms with Crippen molar-refractivity contribution >= 4 is 35.0 Å². The maximum Gasteiger partial charge on any atom is 0.237 e. The van der Waals surface area contributed by atoms with Gasteiger partial charge in [0.15, 0.2) is 10.9 Å². The van der Waals surface area contributed by atoms with Crippen LogP contribution < -0.4 is 5.32 Å². The Morgan fingerprint density at radius 2 is 1.90 bits per heavy atom. The number of carbonyl (C=O) groups is 1.